The average Bonchev–Trinajstić information content (AvgIpc) is 2.30. The third-order valence-electron chi connectivity index (χ3n) is 4.26. The van der Waals surface area contributed by atoms with E-state index in [2.05, 4.69) is 44.8 Å². The maximum absolute atomic E-state index is 3.70. The standard InChI is InChI=1S/C14H30N2/c1-6-9-13(7-2)16-11-14(5,8-3)15-10-12(16)4/h12-13,15H,6-11H2,1-5H3. The molecule has 0 amide bonds. The highest BCUT2D eigenvalue weighted by molar-refractivity contribution is 4.95. The van der Waals surface area contributed by atoms with Gasteiger partial charge in [-0.25, -0.2) is 0 Å². The first-order valence-electron chi connectivity index (χ1n) is 7.07. The second-order valence-electron chi connectivity index (χ2n) is 5.67. The second kappa shape index (κ2) is 6.02. The van der Waals surface area contributed by atoms with Crippen molar-refractivity contribution in [3.63, 3.8) is 0 Å². The largest absolute Gasteiger partial charge is 0.309 e. The molecular weight excluding hydrogens is 196 g/mol. The molecule has 1 saturated heterocycles. The molecule has 0 saturated carbocycles. The highest BCUT2D eigenvalue weighted by Crippen LogP contribution is 2.23. The lowest BCUT2D eigenvalue weighted by Gasteiger charge is -2.48. The Morgan fingerprint density at radius 1 is 1.38 bits per heavy atom. The van der Waals surface area contributed by atoms with E-state index in [0.29, 0.717) is 11.6 Å². The molecule has 0 radical (unpaired) electrons. The number of nitrogens with zero attached hydrogens (tertiary/aromatic N) is 1. The molecule has 2 nitrogen and oxygen atoms in total. The molecule has 0 aliphatic carbocycles. The Hall–Kier alpha value is -0.0800. The van der Waals surface area contributed by atoms with E-state index in [9.17, 15) is 0 Å². The first-order chi connectivity index (χ1) is 7.56. The highest BCUT2D eigenvalue weighted by Gasteiger charge is 2.35. The zero-order valence-electron chi connectivity index (χ0n) is 11.8. The van der Waals surface area contributed by atoms with Gasteiger partial charge in [-0.3, -0.25) is 4.90 Å². The number of piperazine rings is 1. The number of hydrogen-bond acceptors (Lipinski definition) is 2. The minimum absolute atomic E-state index is 0.327. The van der Waals surface area contributed by atoms with Crippen LogP contribution in [0.2, 0.25) is 0 Å². The zero-order valence-corrected chi connectivity index (χ0v) is 11.8. The van der Waals surface area contributed by atoms with Gasteiger partial charge in [-0.2, -0.15) is 0 Å². The molecule has 2 heteroatoms. The molecule has 1 heterocycles. The van der Waals surface area contributed by atoms with Crippen LogP contribution in [0.3, 0.4) is 0 Å². The summed E-state index contributed by atoms with van der Waals surface area (Å²) in [6, 6.07) is 1.48. The normalized spacial score (nSPS) is 33.9. The lowest BCUT2D eigenvalue weighted by atomic mass is 9.91. The number of hydrogen-bond donors (Lipinski definition) is 1. The molecule has 1 aliphatic rings. The molecule has 0 aromatic rings. The van der Waals surface area contributed by atoms with Gasteiger partial charge < -0.3 is 5.32 Å². The predicted molar refractivity (Wildman–Crippen MR) is 71.9 cm³/mol. The molecule has 0 aromatic heterocycles. The summed E-state index contributed by atoms with van der Waals surface area (Å²) in [6.07, 6.45) is 5.16. The summed E-state index contributed by atoms with van der Waals surface area (Å²) in [4.78, 5) is 2.74. The molecule has 1 aliphatic heterocycles. The number of rotatable bonds is 5. The molecule has 3 atom stereocenters. The van der Waals surface area contributed by atoms with Crippen molar-refractivity contribution in [2.45, 2.75) is 77.9 Å². The molecule has 0 spiro atoms. The van der Waals surface area contributed by atoms with E-state index in [1.165, 1.54) is 32.2 Å². The molecular formula is C14H30N2. The van der Waals surface area contributed by atoms with Crippen LogP contribution in [0.5, 0.6) is 0 Å². The Morgan fingerprint density at radius 3 is 2.56 bits per heavy atom. The van der Waals surface area contributed by atoms with Gasteiger partial charge in [-0.15, -0.1) is 0 Å². The van der Waals surface area contributed by atoms with Crippen molar-refractivity contribution in [3.05, 3.63) is 0 Å². The van der Waals surface area contributed by atoms with Crippen molar-refractivity contribution in [3.8, 4) is 0 Å². The van der Waals surface area contributed by atoms with Crippen LogP contribution in [0.4, 0.5) is 0 Å². The summed E-state index contributed by atoms with van der Waals surface area (Å²) in [6.45, 7) is 14.0. The van der Waals surface area contributed by atoms with E-state index in [1.807, 2.05) is 0 Å². The Kier molecular flexibility index (Phi) is 5.26. The Morgan fingerprint density at radius 2 is 2.06 bits per heavy atom. The van der Waals surface area contributed by atoms with Crippen LogP contribution in [0.25, 0.3) is 0 Å². The smallest absolute Gasteiger partial charge is 0.0278 e. The monoisotopic (exact) mass is 226 g/mol. The Balaban J connectivity index is 2.67. The third kappa shape index (κ3) is 3.21. The van der Waals surface area contributed by atoms with E-state index >= 15 is 0 Å². The maximum Gasteiger partial charge on any atom is 0.0278 e. The van der Waals surface area contributed by atoms with Gasteiger partial charge in [0.05, 0.1) is 0 Å². The van der Waals surface area contributed by atoms with Crippen molar-refractivity contribution in [1.29, 1.82) is 0 Å². The van der Waals surface area contributed by atoms with Crippen LogP contribution in [0, 0.1) is 0 Å². The summed E-state index contributed by atoms with van der Waals surface area (Å²) in [5.41, 5.74) is 0.327. The molecule has 0 aromatic carbocycles. The molecule has 0 bridgehead atoms. The van der Waals surface area contributed by atoms with Crippen molar-refractivity contribution in [2.24, 2.45) is 0 Å². The van der Waals surface area contributed by atoms with Crippen molar-refractivity contribution < 1.29 is 0 Å². The van der Waals surface area contributed by atoms with Crippen LogP contribution in [-0.2, 0) is 0 Å². The SMILES string of the molecule is CCCC(CC)N1CC(C)(CC)NCC1C. The fourth-order valence-corrected chi connectivity index (χ4v) is 2.79. The summed E-state index contributed by atoms with van der Waals surface area (Å²) in [5.74, 6) is 0. The first-order valence-corrected chi connectivity index (χ1v) is 7.07. The number of nitrogens with one attached hydrogen (secondary N) is 1. The third-order valence-corrected chi connectivity index (χ3v) is 4.26. The van der Waals surface area contributed by atoms with Crippen LogP contribution in [-0.4, -0.2) is 35.6 Å². The lowest BCUT2D eigenvalue weighted by molar-refractivity contribution is 0.0480. The predicted octanol–water partition coefficient (Wildman–Crippen LogP) is 3.03. The van der Waals surface area contributed by atoms with E-state index in [-0.39, 0.29) is 0 Å². The second-order valence-corrected chi connectivity index (χ2v) is 5.67. The average molecular weight is 226 g/mol. The molecule has 3 unspecified atom stereocenters. The van der Waals surface area contributed by atoms with Crippen LogP contribution in [0.1, 0.15) is 60.3 Å². The molecule has 1 fully saturated rings. The minimum atomic E-state index is 0.327. The molecule has 1 rings (SSSR count). The van der Waals surface area contributed by atoms with E-state index in [0.717, 1.165) is 12.6 Å². The van der Waals surface area contributed by atoms with Gasteiger partial charge in [0.2, 0.25) is 0 Å². The first kappa shape index (κ1) is 14.0. The molecule has 96 valence electrons. The minimum Gasteiger partial charge on any atom is -0.309 e. The fraction of sp³-hybridized carbons (Fsp3) is 1.00. The highest BCUT2D eigenvalue weighted by atomic mass is 15.3. The quantitative estimate of drug-likeness (QED) is 0.775. The van der Waals surface area contributed by atoms with Gasteiger partial charge in [0.25, 0.3) is 0 Å². The van der Waals surface area contributed by atoms with Crippen LogP contribution in [0.15, 0.2) is 0 Å². The van der Waals surface area contributed by atoms with Gasteiger partial charge in [-0.1, -0.05) is 27.2 Å². The summed E-state index contributed by atoms with van der Waals surface area (Å²) < 4.78 is 0. The van der Waals surface area contributed by atoms with E-state index in [4.69, 9.17) is 0 Å². The maximum atomic E-state index is 3.70. The van der Waals surface area contributed by atoms with Gasteiger partial charge in [0, 0.05) is 30.7 Å². The van der Waals surface area contributed by atoms with E-state index in [1.54, 1.807) is 0 Å². The van der Waals surface area contributed by atoms with Crippen LogP contribution < -0.4 is 5.32 Å². The Bertz CT molecular complexity index is 205. The van der Waals surface area contributed by atoms with Crippen LogP contribution >= 0.6 is 0 Å². The van der Waals surface area contributed by atoms with Gasteiger partial charge in [0.1, 0.15) is 0 Å². The molecule has 16 heavy (non-hydrogen) atoms. The van der Waals surface area contributed by atoms with Gasteiger partial charge in [-0.05, 0) is 33.1 Å². The van der Waals surface area contributed by atoms with Crippen molar-refractivity contribution >= 4 is 0 Å². The van der Waals surface area contributed by atoms with E-state index < -0.39 is 0 Å². The summed E-state index contributed by atoms with van der Waals surface area (Å²) >= 11 is 0. The van der Waals surface area contributed by atoms with Gasteiger partial charge >= 0.3 is 0 Å². The summed E-state index contributed by atoms with van der Waals surface area (Å²) in [7, 11) is 0. The Labute approximate surface area is 102 Å². The molecule has 1 N–H and O–H groups in total. The zero-order chi connectivity index (χ0) is 12.2. The topological polar surface area (TPSA) is 15.3 Å². The van der Waals surface area contributed by atoms with Gasteiger partial charge in [0.15, 0.2) is 0 Å². The lowest BCUT2D eigenvalue weighted by Crippen LogP contribution is -2.64. The fourth-order valence-electron chi connectivity index (χ4n) is 2.79. The summed E-state index contributed by atoms with van der Waals surface area (Å²) in [5, 5.41) is 3.70. The van der Waals surface area contributed by atoms with Crippen molar-refractivity contribution in [1.82, 2.24) is 10.2 Å². The van der Waals surface area contributed by atoms with Crippen molar-refractivity contribution in [2.75, 3.05) is 13.1 Å².